The normalized spacial score (nSPS) is 11.4. The summed E-state index contributed by atoms with van der Waals surface area (Å²) in [6, 6.07) is 8.26. The zero-order valence-electron chi connectivity index (χ0n) is 9.16. The Morgan fingerprint density at radius 3 is 2.81 bits per heavy atom. The van der Waals surface area contributed by atoms with Crippen LogP contribution in [-0.2, 0) is 7.05 Å². The second kappa shape index (κ2) is 3.22. The molecule has 3 heteroatoms. The molecular formula is C13H11ClN2. The molecule has 0 spiro atoms. The maximum absolute atomic E-state index is 6.20. The summed E-state index contributed by atoms with van der Waals surface area (Å²) in [7, 11) is 2.06. The number of halogens is 1. The summed E-state index contributed by atoms with van der Waals surface area (Å²) < 4.78 is 2.17. The first-order valence-electron chi connectivity index (χ1n) is 5.18. The van der Waals surface area contributed by atoms with Gasteiger partial charge in [-0.05, 0) is 18.6 Å². The lowest BCUT2D eigenvalue weighted by atomic mass is 10.1. The van der Waals surface area contributed by atoms with Crippen molar-refractivity contribution in [1.29, 1.82) is 0 Å². The number of aryl methyl sites for hydroxylation is 2. The molecular weight excluding hydrogens is 220 g/mol. The van der Waals surface area contributed by atoms with Crippen molar-refractivity contribution in [2.24, 2.45) is 7.05 Å². The number of benzene rings is 1. The molecule has 0 unspecified atom stereocenters. The number of rotatable bonds is 0. The average molecular weight is 231 g/mol. The van der Waals surface area contributed by atoms with Gasteiger partial charge >= 0.3 is 0 Å². The minimum atomic E-state index is 0.581. The van der Waals surface area contributed by atoms with E-state index in [2.05, 4.69) is 35.7 Å². The topological polar surface area (TPSA) is 17.8 Å². The minimum Gasteiger partial charge on any atom is -0.343 e. The molecule has 1 aromatic carbocycles. The van der Waals surface area contributed by atoms with Crippen LogP contribution in [0.4, 0.5) is 0 Å². The highest BCUT2D eigenvalue weighted by Gasteiger charge is 2.12. The van der Waals surface area contributed by atoms with Crippen molar-refractivity contribution in [2.45, 2.75) is 6.92 Å². The van der Waals surface area contributed by atoms with Crippen LogP contribution in [-0.4, -0.2) is 9.55 Å². The van der Waals surface area contributed by atoms with E-state index in [1.807, 2.05) is 18.3 Å². The molecule has 0 saturated carbocycles. The molecule has 0 aliphatic heterocycles. The van der Waals surface area contributed by atoms with Gasteiger partial charge in [0, 0.05) is 29.5 Å². The lowest BCUT2D eigenvalue weighted by molar-refractivity contribution is 1.01. The summed E-state index contributed by atoms with van der Waals surface area (Å²) in [5, 5.41) is 2.80. The lowest BCUT2D eigenvalue weighted by Crippen LogP contribution is -1.90. The quantitative estimate of drug-likeness (QED) is 0.539. The van der Waals surface area contributed by atoms with Gasteiger partial charge in [0.05, 0.1) is 5.52 Å². The van der Waals surface area contributed by atoms with Crippen LogP contribution in [0.25, 0.3) is 21.8 Å². The van der Waals surface area contributed by atoms with Crippen LogP contribution in [0.15, 0.2) is 30.5 Å². The van der Waals surface area contributed by atoms with Crippen molar-refractivity contribution >= 4 is 33.4 Å². The van der Waals surface area contributed by atoms with Crippen LogP contribution in [0, 0.1) is 6.92 Å². The summed E-state index contributed by atoms with van der Waals surface area (Å²) in [6.45, 7) is 2.06. The Hall–Kier alpha value is -1.54. The van der Waals surface area contributed by atoms with Gasteiger partial charge in [0.15, 0.2) is 0 Å². The standard InChI is InChI=1S/C13H11ClN2/c1-8-7-15-13(14)11-9-5-3-4-6-10(9)16(2)12(8)11/h3-7H,1-2H3. The zero-order chi connectivity index (χ0) is 11.3. The van der Waals surface area contributed by atoms with E-state index in [1.165, 1.54) is 16.4 Å². The molecule has 0 amide bonds. The zero-order valence-corrected chi connectivity index (χ0v) is 9.92. The van der Waals surface area contributed by atoms with Gasteiger partial charge in [-0.25, -0.2) is 4.98 Å². The van der Waals surface area contributed by atoms with Crippen LogP contribution in [0.3, 0.4) is 0 Å². The summed E-state index contributed by atoms with van der Waals surface area (Å²) in [5.74, 6) is 0. The van der Waals surface area contributed by atoms with Gasteiger partial charge in [-0.15, -0.1) is 0 Å². The van der Waals surface area contributed by atoms with Crippen LogP contribution < -0.4 is 0 Å². The number of fused-ring (bicyclic) bond motifs is 3. The van der Waals surface area contributed by atoms with Crippen LogP contribution in [0.1, 0.15) is 5.56 Å². The van der Waals surface area contributed by atoms with Gasteiger partial charge in [0.2, 0.25) is 0 Å². The monoisotopic (exact) mass is 230 g/mol. The van der Waals surface area contributed by atoms with Gasteiger partial charge in [-0.3, -0.25) is 0 Å². The smallest absolute Gasteiger partial charge is 0.139 e. The van der Waals surface area contributed by atoms with Gasteiger partial charge in [-0.1, -0.05) is 29.8 Å². The molecule has 0 N–H and O–H groups in total. The van der Waals surface area contributed by atoms with E-state index in [4.69, 9.17) is 11.6 Å². The second-order valence-corrected chi connectivity index (χ2v) is 4.39. The SMILES string of the molecule is Cc1cnc(Cl)c2c3ccccc3n(C)c12. The number of aromatic nitrogens is 2. The van der Waals surface area contributed by atoms with Crippen molar-refractivity contribution < 1.29 is 0 Å². The molecule has 0 radical (unpaired) electrons. The molecule has 0 saturated heterocycles. The predicted molar refractivity (Wildman–Crippen MR) is 68.0 cm³/mol. The van der Waals surface area contributed by atoms with E-state index in [-0.39, 0.29) is 0 Å². The van der Waals surface area contributed by atoms with Crippen molar-refractivity contribution in [1.82, 2.24) is 9.55 Å². The molecule has 3 aromatic rings. The first kappa shape index (κ1) is 9.67. The highest BCUT2D eigenvalue weighted by atomic mass is 35.5. The molecule has 0 aliphatic carbocycles. The molecule has 16 heavy (non-hydrogen) atoms. The molecule has 3 rings (SSSR count). The van der Waals surface area contributed by atoms with E-state index >= 15 is 0 Å². The fourth-order valence-corrected chi connectivity index (χ4v) is 2.58. The number of hydrogen-bond acceptors (Lipinski definition) is 1. The van der Waals surface area contributed by atoms with Crippen LogP contribution >= 0.6 is 11.6 Å². The molecule has 0 bridgehead atoms. The Morgan fingerprint density at radius 2 is 2.00 bits per heavy atom. The van der Waals surface area contributed by atoms with Crippen LogP contribution in [0.5, 0.6) is 0 Å². The minimum absolute atomic E-state index is 0.581. The van der Waals surface area contributed by atoms with E-state index < -0.39 is 0 Å². The van der Waals surface area contributed by atoms with Crippen molar-refractivity contribution in [2.75, 3.05) is 0 Å². The Balaban J connectivity index is 2.72. The molecule has 0 aliphatic rings. The highest BCUT2D eigenvalue weighted by Crippen LogP contribution is 2.33. The molecule has 2 heterocycles. The van der Waals surface area contributed by atoms with Crippen molar-refractivity contribution in [3.63, 3.8) is 0 Å². The third kappa shape index (κ3) is 1.11. The summed E-state index contributed by atoms with van der Waals surface area (Å²) in [6.07, 6.45) is 1.82. The fourth-order valence-electron chi connectivity index (χ4n) is 2.34. The third-order valence-electron chi connectivity index (χ3n) is 3.06. The first-order valence-corrected chi connectivity index (χ1v) is 5.56. The number of hydrogen-bond donors (Lipinski definition) is 0. The number of nitrogens with zero attached hydrogens (tertiary/aromatic N) is 2. The van der Waals surface area contributed by atoms with Crippen molar-refractivity contribution in [3.05, 3.63) is 41.2 Å². The average Bonchev–Trinajstić information content (AvgIpc) is 2.60. The van der Waals surface area contributed by atoms with Gasteiger partial charge in [0.25, 0.3) is 0 Å². The predicted octanol–water partition coefficient (Wildman–Crippen LogP) is 3.69. The third-order valence-corrected chi connectivity index (χ3v) is 3.34. The number of pyridine rings is 1. The van der Waals surface area contributed by atoms with Gasteiger partial charge in [0.1, 0.15) is 5.15 Å². The van der Waals surface area contributed by atoms with E-state index in [0.29, 0.717) is 5.15 Å². The maximum atomic E-state index is 6.20. The van der Waals surface area contributed by atoms with E-state index in [0.717, 1.165) is 10.9 Å². The highest BCUT2D eigenvalue weighted by molar-refractivity contribution is 6.37. The summed E-state index contributed by atoms with van der Waals surface area (Å²) in [4.78, 5) is 4.22. The lowest BCUT2D eigenvalue weighted by Gasteiger charge is -2.01. The first-order chi connectivity index (χ1) is 7.70. The van der Waals surface area contributed by atoms with E-state index in [1.54, 1.807) is 0 Å². The molecule has 80 valence electrons. The maximum Gasteiger partial charge on any atom is 0.139 e. The Labute approximate surface area is 98.5 Å². The Kier molecular flexibility index (Phi) is 1.95. The summed E-state index contributed by atoms with van der Waals surface area (Å²) in [5.41, 5.74) is 3.51. The molecule has 2 nitrogen and oxygen atoms in total. The Morgan fingerprint density at radius 1 is 1.25 bits per heavy atom. The fraction of sp³-hybridized carbons (Fsp3) is 0.154. The second-order valence-electron chi connectivity index (χ2n) is 4.03. The molecule has 2 aromatic heterocycles. The largest absolute Gasteiger partial charge is 0.343 e. The van der Waals surface area contributed by atoms with E-state index in [9.17, 15) is 0 Å². The molecule has 0 fully saturated rings. The van der Waals surface area contributed by atoms with Gasteiger partial charge in [-0.2, -0.15) is 0 Å². The number of para-hydroxylation sites is 1. The van der Waals surface area contributed by atoms with Gasteiger partial charge < -0.3 is 4.57 Å². The van der Waals surface area contributed by atoms with Crippen LogP contribution in [0.2, 0.25) is 5.15 Å². The Bertz CT molecular complexity index is 698. The van der Waals surface area contributed by atoms with Crippen molar-refractivity contribution in [3.8, 4) is 0 Å². The summed E-state index contributed by atoms with van der Waals surface area (Å²) >= 11 is 6.20. The molecule has 0 atom stereocenters.